The van der Waals surface area contributed by atoms with Crippen molar-refractivity contribution < 1.29 is 13.5 Å². The van der Waals surface area contributed by atoms with Gasteiger partial charge in [0.25, 0.3) is 0 Å². The molecule has 2 rings (SSSR count). The number of aliphatic hydroxyl groups excluding tert-OH is 1. The highest BCUT2D eigenvalue weighted by molar-refractivity contribution is 7.88. The summed E-state index contributed by atoms with van der Waals surface area (Å²) in [5.41, 5.74) is 0.405. The summed E-state index contributed by atoms with van der Waals surface area (Å²) >= 11 is 11.9. The predicted molar refractivity (Wildman–Crippen MR) is 71.3 cm³/mol. The molecule has 0 amide bonds. The van der Waals surface area contributed by atoms with Crippen molar-refractivity contribution in [3.63, 3.8) is 0 Å². The summed E-state index contributed by atoms with van der Waals surface area (Å²) in [7, 11) is -3.49. The van der Waals surface area contributed by atoms with Crippen LogP contribution in [-0.2, 0) is 15.8 Å². The minimum Gasteiger partial charge on any atom is -0.392 e. The molecule has 1 aromatic rings. The Balaban J connectivity index is 2.23. The summed E-state index contributed by atoms with van der Waals surface area (Å²) in [4.78, 5) is 0. The molecule has 1 N–H and O–H groups in total. The molecule has 0 spiro atoms. The van der Waals surface area contributed by atoms with E-state index in [9.17, 15) is 13.5 Å². The lowest BCUT2D eigenvalue weighted by atomic mass is 10.2. The Labute approximate surface area is 116 Å². The first-order valence-corrected chi connectivity index (χ1v) is 7.85. The van der Waals surface area contributed by atoms with Crippen molar-refractivity contribution in [3.8, 4) is 0 Å². The zero-order valence-electron chi connectivity index (χ0n) is 9.51. The molecule has 4 nitrogen and oxygen atoms in total. The highest BCUT2D eigenvalue weighted by Gasteiger charge is 2.31. The number of hydrogen-bond donors (Lipinski definition) is 1. The lowest BCUT2D eigenvalue weighted by Gasteiger charge is -2.16. The molecular formula is C11H13Cl2NO3S. The summed E-state index contributed by atoms with van der Waals surface area (Å²) < 4.78 is 25.6. The number of benzene rings is 1. The lowest BCUT2D eigenvalue weighted by molar-refractivity contribution is 0.189. The number of β-amino-alcohol motifs (C(OH)–C–C–N with tert-alkyl or cyclic N) is 1. The van der Waals surface area contributed by atoms with E-state index < -0.39 is 16.1 Å². The molecule has 0 radical (unpaired) electrons. The van der Waals surface area contributed by atoms with Crippen molar-refractivity contribution in [2.24, 2.45) is 0 Å². The van der Waals surface area contributed by atoms with Crippen LogP contribution in [0.1, 0.15) is 12.0 Å². The number of sulfonamides is 1. The van der Waals surface area contributed by atoms with Crippen LogP contribution in [0, 0.1) is 0 Å². The average molecular weight is 310 g/mol. The number of aliphatic hydroxyl groups is 1. The first-order chi connectivity index (χ1) is 8.40. The topological polar surface area (TPSA) is 57.6 Å². The Morgan fingerprint density at radius 2 is 1.94 bits per heavy atom. The Morgan fingerprint density at radius 1 is 1.33 bits per heavy atom. The van der Waals surface area contributed by atoms with Crippen LogP contribution in [0.4, 0.5) is 0 Å². The van der Waals surface area contributed by atoms with Crippen LogP contribution in [0.15, 0.2) is 18.2 Å². The van der Waals surface area contributed by atoms with Gasteiger partial charge in [0, 0.05) is 28.7 Å². The standard InChI is InChI=1S/C11H13Cl2NO3S/c12-10-2-1-3-11(13)9(10)7-18(16,17)14-5-4-8(15)6-14/h1-3,8,15H,4-7H2/t8-/m1/s1. The quantitative estimate of drug-likeness (QED) is 0.927. The second kappa shape index (κ2) is 5.35. The van der Waals surface area contributed by atoms with Gasteiger partial charge in [0.2, 0.25) is 10.0 Å². The first kappa shape index (κ1) is 14.1. The van der Waals surface area contributed by atoms with Gasteiger partial charge in [-0.1, -0.05) is 29.3 Å². The van der Waals surface area contributed by atoms with E-state index in [1.165, 1.54) is 4.31 Å². The van der Waals surface area contributed by atoms with Crippen molar-refractivity contribution in [2.75, 3.05) is 13.1 Å². The number of halogens is 2. The minimum atomic E-state index is -3.49. The molecule has 1 saturated heterocycles. The maximum atomic E-state index is 12.1. The second-order valence-electron chi connectivity index (χ2n) is 4.26. The molecule has 1 aromatic carbocycles. The third kappa shape index (κ3) is 2.97. The minimum absolute atomic E-state index is 0.143. The fourth-order valence-electron chi connectivity index (χ4n) is 1.91. The van der Waals surface area contributed by atoms with Crippen molar-refractivity contribution in [1.82, 2.24) is 4.31 Å². The number of hydrogen-bond acceptors (Lipinski definition) is 3. The SMILES string of the molecule is O=S(=O)(Cc1c(Cl)cccc1Cl)N1CC[C@@H](O)C1. The first-order valence-electron chi connectivity index (χ1n) is 5.49. The summed E-state index contributed by atoms with van der Waals surface area (Å²) in [6.45, 7) is 0.482. The van der Waals surface area contributed by atoms with Crippen LogP contribution in [0.3, 0.4) is 0 Å². The summed E-state index contributed by atoms with van der Waals surface area (Å²) in [6, 6.07) is 4.88. The van der Waals surface area contributed by atoms with Crippen LogP contribution in [-0.4, -0.2) is 37.0 Å². The third-order valence-corrected chi connectivity index (χ3v) is 5.39. The van der Waals surface area contributed by atoms with E-state index >= 15 is 0 Å². The molecule has 100 valence electrons. The van der Waals surface area contributed by atoms with Crippen LogP contribution < -0.4 is 0 Å². The van der Waals surface area contributed by atoms with E-state index in [1.54, 1.807) is 18.2 Å². The van der Waals surface area contributed by atoms with E-state index in [2.05, 4.69) is 0 Å². The van der Waals surface area contributed by atoms with E-state index in [1.807, 2.05) is 0 Å². The maximum absolute atomic E-state index is 12.1. The molecule has 0 saturated carbocycles. The molecule has 0 unspecified atom stereocenters. The number of nitrogens with zero attached hydrogens (tertiary/aromatic N) is 1. The summed E-state index contributed by atoms with van der Waals surface area (Å²) in [6.07, 6.45) is -0.114. The summed E-state index contributed by atoms with van der Waals surface area (Å²) in [5.74, 6) is -0.238. The molecule has 1 aliphatic rings. The molecule has 18 heavy (non-hydrogen) atoms. The highest BCUT2D eigenvalue weighted by Crippen LogP contribution is 2.28. The van der Waals surface area contributed by atoms with E-state index in [0.717, 1.165) is 0 Å². The molecule has 0 aliphatic carbocycles. The van der Waals surface area contributed by atoms with Crippen molar-refractivity contribution >= 4 is 33.2 Å². The van der Waals surface area contributed by atoms with Crippen LogP contribution in [0.25, 0.3) is 0 Å². The smallest absolute Gasteiger partial charge is 0.218 e. The molecule has 1 heterocycles. The van der Waals surface area contributed by atoms with Gasteiger partial charge in [0.1, 0.15) is 0 Å². The van der Waals surface area contributed by atoms with Crippen molar-refractivity contribution in [2.45, 2.75) is 18.3 Å². The fourth-order valence-corrected chi connectivity index (χ4v) is 4.24. The lowest BCUT2D eigenvalue weighted by Crippen LogP contribution is -2.30. The maximum Gasteiger partial charge on any atom is 0.218 e. The fraction of sp³-hybridized carbons (Fsp3) is 0.455. The van der Waals surface area contributed by atoms with Gasteiger partial charge < -0.3 is 5.11 Å². The third-order valence-electron chi connectivity index (χ3n) is 2.91. The largest absolute Gasteiger partial charge is 0.392 e. The molecule has 1 atom stereocenters. The highest BCUT2D eigenvalue weighted by atomic mass is 35.5. The van der Waals surface area contributed by atoms with Crippen LogP contribution in [0.2, 0.25) is 10.0 Å². The van der Waals surface area contributed by atoms with Gasteiger partial charge in [-0.2, -0.15) is 4.31 Å². The van der Waals surface area contributed by atoms with E-state index in [-0.39, 0.29) is 12.3 Å². The van der Waals surface area contributed by atoms with Crippen molar-refractivity contribution in [3.05, 3.63) is 33.8 Å². The van der Waals surface area contributed by atoms with E-state index in [4.69, 9.17) is 23.2 Å². The van der Waals surface area contributed by atoms with Crippen molar-refractivity contribution in [1.29, 1.82) is 0 Å². The average Bonchev–Trinajstić information content (AvgIpc) is 2.71. The van der Waals surface area contributed by atoms with Gasteiger partial charge in [-0.3, -0.25) is 0 Å². The molecule has 1 aliphatic heterocycles. The van der Waals surface area contributed by atoms with Gasteiger partial charge in [0.05, 0.1) is 11.9 Å². The Morgan fingerprint density at radius 3 is 2.44 bits per heavy atom. The normalized spacial score (nSPS) is 21.4. The van der Waals surface area contributed by atoms with Crippen LogP contribution >= 0.6 is 23.2 Å². The zero-order chi connectivity index (χ0) is 13.3. The van der Waals surface area contributed by atoms with Gasteiger partial charge in [-0.15, -0.1) is 0 Å². The molecule has 7 heteroatoms. The zero-order valence-corrected chi connectivity index (χ0v) is 11.8. The summed E-state index contributed by atoms with van der Waals surface area (Å²) in [5, 5.41) is 10.1. The van der Waals surface area contributed by atoms with Gasteiger partial charge in [-0.05, 0) is 18.6 Å². The van der Waals surface area contributed by atoms with Gasteiger partial charge in [0.15, 0.2) is 0 Å². The Hall–Kier alpha value is -0.330. The van der Waals surface area contributed by atoms with Gasteiger partial charge in [-0.25, -0.2) is 8.42 Å². The monoisotopic (exact) mass is 309 g/mol. The van der Waals surface area contributed by atoms with Gasteiger partial charge >= 0.3 is 0 Å². The number of rotatable bonds is 3. The van der Waals surface area contributed by atoms with Crippen LogP contribution in [0.5, 0.6) is 0 Å². The van der Waals surface area contributed by atoms with E-state index in [0.29, 0.717) is 28.6 Å². The molecule has 1 fully saturated rings. The molecule has 0 aromatic heterocycles. The molecular weight excluding hydrogens is 297 g/mol. The predicted octanol–water partition coefficient (Wildman–Crippen LogP) is 1.89. The Kier molecular flexibility index (Phi) is 4.18. The molecule has 0 bridgehead atoms. The Bertz CT molecular complexity index is 527. The second-order valence-corrected chi connectivity index (χ2v) is 7.04.